The molecule has 0 saturated heterocycles. The predicted octanol–water partition coefficient (Wildman–Crippen LogP) is 1.98. The summed E-state index contributed by atoms with van der Waals surface area (Å²) >= 11 is 0. The summed E-state index contributed by atoms with van der Waals surface area (Å²) in [6, 6.07) is 10.9. The van der Waals surface area contributed by atoms with Gasteiger partial charge in [0.15, 0.2) is 11.6 Å². The second kappa shape index (κ2) is 13.2. The van der Waals surface area contributed by atoms with Crippen LogP contribution in [0.4, 0.5) is 4.39 Å². The number of hydrogen-bond donors (Lipinski definition) is 5. The van der Waals surface area contributed by atoms with Crippen LogP contribution < -0.4 is 26.4 Å². The van der Waals surface area contributed by atoms with Gasteiger partial charge in [-0.1, -0.05) is 37.3 Å². The van der Waals surface area contributed by atoms with E-state index in [0.29, 0.717) is 18.4 Å². The molecule has 9 nitrogen and oxygen atoms in total. The lowest BCUT2D eigenvalue weighted by atomic mass is 9.98. The number of nitrogens with two attached hydrogens (primary N) is 1. The first-order valence-corrected chi connectivity index (χ1v) is 14.0. The van der Waals surface area contributed by atoms with Crippen molar-refractivity contribution in [2.24, 2.45) is 5.73 Å². The molecule has 3 atom stereocenters. The number of halogens is 1. The fourth-order valence-electron chi connectivity index (χ4n) is 5.08. The normalized spacial score (nSPS) is 22.1. The highest BCUT2D eigenvalue weighted by Gasteiger charge is 2.44. The molecule has 0 aromatic heterocycles. The van der Waals surface area contributed by atoms with Crippen molar-refractivity contribution in [3.63, 3.8) is 0 Å². The van der Waals surface area contributed by atoms with Gasteiger partial charge >= 0.3 is 0 Å². The van der Waals surface area contributed by atoms with Crippen LogP contribution in [0.2, 0.25) is 0 Å². The van der Waals surface area contributed by atoms with Gasteiger partial charge in [0.05, 0.1) is 25.2 Å². The summed E-state index contributed by atoms with van der Waals surface area (Å²) in [5, 5.41) is 20.2. The van der Waals surface area contributed by atoms with Crippen molar-refractivity contribution in [1.82, 2.24) is 16.0 Å². The van der Waals surface area contributed by atoms with Gasteiger partial charge in [-0.05, 0) is 67.3 Å². The van der Waals surface area contributed by atoms with E-state index >= 15 is 0 Å². The SMILES string of the molecule is CCc1cccc(C2(NCC(O)C3Cc4ccc(c(F)c4)OCCCCC(=O)NC(CC(N)=O)C(=O)N3)CC2)c1. The van der Waals surface area contributed by atoms with Crippen LogP contribution in [0.25, 0.3) is 0 Å². The zero-order valence-electron chi connectivity index (χ0n) is 22.9. The standard InChI is InChI=1S/C30H39FN4O5/c1-2-19-6-5-7-21(14-19)30(11-12-30)33-18-25(36)23-16-20-9-10-26(22(31)15-20)40-13-4-3-8-28(38)34-24(17-27(32)37)29(39)35-23/h5-7,9-10,14-15,23-25,33,36H,2-4,8,11-13,16-18H2,1H3,(H2,32,37)(H,34,38)(H,35,39). The molecule has 2 heterocycles. The average molecular weight is 555 g/mol. The number of rotatable bonds is 8. The Hall–Kier alpha value is -3.50. The maximum Gasteiger partial charge on any atom is 0.243 e. The third kappa shape index (κ3) is 7.79. The van der Waals surface area contributed by atoms with Crippen LogP contribution in [0.3, 0.4) is 0 Å². The summed E-state index contributed by atoms with van der Waals surface area (Å²) in [6.45, 7) is 2.49. The Balaban J connectivity index is 1.55. The molecule has 3 aliphatic rings. The summed E-state index contributed by atoms with van der Waals surface area (Å²) in [7, 11) is 0. The number of fused-ring (bicyclic) bond motifs is 13. The highest BCUT2D eigenvalue weighted by atomic mass is 19.1. The molecule has 1 saturated carbocycles. The fraction of sp³-hybridized carbons (Fsp3) is 0.500. The number of carbonyl (C=O) groups excluding carboxylic acids is 3. The summed E-state index contributed by atoms with van der Waals surface area (Å²) in [6.07, 6.45) is 2.49. The molecule has 2 aliphatic heterocycles. The van der Waals surface area contributed by atoms with Crippen molar-refractivity contribution in [1.29, 1.82) is 0 Å². The highest BCUT2D eigenvalue weighted by Crippen LogP contribution is 2.45. The Morgan fingerprint density at radius 2 is 2.00 bits per heavy atom. The smallest absolute Gasteiger partial charge is 0.243 e. The third-order valence-corrected chi connectivity index (χ3v) is 7.64. The minimum atomic E-state index is -1.19. The third-order valence-electron chi connectivity index (χ3n) is 7.64. The van der Waals surface area contributed by atoms with Crippen molar-refractivity contribution in [3.8, 4) is 5.75 Å². The molecule has 3 unspecified atom stereocenters. The van der Waals surface area contributed by atoms with Crippen LogP contribution in [-0.4, -0.2) is 54.2 Å². The van der Waals surface area contributed by atoms with Gasteiger partial charge < -0.3 is 31.5 Å². The molecule has 0 radical (unpaired) electrons. The zero-order chi connectivity index (χ0) is 28.7. The van der Waals surface area contributed by atoms with Gasteiger partial charge in [0.2, 0.25) is 17.7 Å². The number of carbonyl (C=O) groups is 3. The van der Waals surface area contributed by atoms with Gasteiger partial charge in [0.25, 0.3) is 0 Å². The molecule has 1 aliphatic carbocycles. The zero-order valence-corrected chi connectivity index (χ0v) is 22.9. The predicted molar refractivity (Wildman–Crippen MR) is 148 cm³/mol. The van der Waals surface area contributed by atoms with Crippen LogP contribution in [0.15, 0.2) is 42.5 Å². The quantitative estimate of drug-likeness (QED) is 0.338. The minimum absolute atomic E-state index is 0.102. The first-order valence-electron chi connectivity index (χ1n) is 14.0. The molecule has 1 fully saturated rings. The van der Waals surface area contributed by atoms with E-state index in [1.807, 2.05) is 6.07 Å². The van der Waals surface area contributed by atoms with E-state index in [0.717, 1.165) is 24.8 Å². The Kier molecular flexibility index (Phi) is 9.76. The molecule has 5 rings (SSSR count). The largest absolute Gasteiger partial charge is 0.491 e. The fourth-order valence-corrected chi connectivity index (χ4v) is 5.08. The summed E-state index contributed by atoms with van der Waals surface area (Å²) in [5.74, 6) is -2.23. The molecule has 216 valence electrons. The Labute approximate surface area is 234 Å². The van der Waals surface area contributed by atoms with Gasteiger partial charge in [-0.2, -0.15) is 0 Å². The van der Waals surface area contributed by atoms with Gasteiger partial charge in [0, 0.05) is 18.5 Å². The number of aliphatic hydroxyl groups is 1. The average Bonchev–Trinajstić information content (AvgIpc) is 3.72. The number of ether oxygens (including phenoxy) is 1. The van der Waals surface area contributed by atoms with E-state index in [1.54, 1.807) is 6.07 Å². The number of amides is 3. The number of primary amides is 1. The van der Waals surface area contributed by atoms with Crippen LogP contribution in [0.1, 0.15) is 62.1 Å². The van der Waals surface area contributed by atoms with Crippen molar-refractivity contribution >= 4 is 17.7 Å². The number of aliphatic hydroxyl groups excluding tert-OH is 1. The summed E-state index contributed by atoms with van der Waals surface area (Å²) in [4.78, 5) is 37.4. The topological polar surface area (TPSA) is 143 Å². The number of benzene rings is 2. The second-order valence-corrected chi connectivity index (χ2v) is 10.8. The van der Waals surface area contributed by atoms with Crippen LogP contribution in [-0.2, 0) is 32.8 Å². The molecule has 6 N–H and O–H groups in total. The van der Waals surface area contributed by atoms with E-state index in [4.69, 9.17) is 10.5 Å². The van der Waals surface area contributed by atoms with Crippen molar-refractivity contribution in [3.05, 3.63) is 65.0 Å². The molecule has 2 aromatic carbocycles. The van der Waals surface area contributed by atoms with E-state index in [2.05, 4.69) is 41.1 Å². The van der Waals surface area contributed by atoms with E-state index in [-0.39, 0.29) is 43.7 Å². The molecule has 10 heteroatoms. The van der Waals surface area contributed by atoms with Crippen LogP contribution >= 0.6 is 0 Å². The van der Waals surface area contributed by atoms with Gasteiger partial charge in [0.1, 0.15) is 6.04 Å². The highest BCUT2D eigenvalue weighted by molar-refractivity contribution is 5.91. The monoisotopic (exact) mass is 554 g/mol. The Morgan fingerprint density at radius 3 is 2.70 bits per heavy atom. The van der Waals surface area contributed by atoms with E-state index in [1.165, 1.54) is 17.7 Å². The lowest BCUT2D eigenvalue weighted by Gasteiger charge is -2.29. The molecular weight excluding hydrogens is 515 g/mol. The van der Waals surface area contributed by atoms with Crippen molar-refractivity contribution in [2.75, 3.05) is 13.2 Å². The van der Waals surface area contributed by atoms with Gasteiger partial charge in [-0.15, -0.1) is 0 Å². The number of aryl methyl sites for hydroxylation is 1. The van der Waals surface area contributed by atoms with Gasteiger partial charge in [-0.25, -0.2) is 4.39 Å². The van der Waals surface area contributed by atoms with E-state index in [9.17, 15) is 23.9 Å². The molecule has 0 spiro atoms. The molecule has 2 aromatic rings. The van der Waals surface area contributed by atoms with Crippen LogP contribution in [0.5, 0.6) is 5.75 Å². The van der Waals surface area contributed by atoms with Crippen LogP contribution in [0, 0.1) is 5.82 Å². The Bertz CT molecular complexity index is 1220. The van der Waals surface area contributed by atoms with Crippen molar-refractivity contribution in [2.45, 2.75) is 82.0 Å². The number of nitrogens with one attached hydrogen (secondary N) is 3. The number of hydrogen-bond acceptors (Lipinski definition) is 6. The first-order chi connectivity index (χ1) is 19.2. The molecule has 2 bridgehead atoms. The lowest BCUT2D eigenvalue weighted by Crippen LogP contribution is -2.56. The first kappa shape index (κ1) is 29.5. The maximum atomic E-state index is 14.8. The van der Waals surface area contributed by atoms with E-state index < -0.39 is 41.7 Å². The summed E-state index contributed by atoms with van der Waals surface area (Å²) in [5.41, 5.74) is 8.04. The molecule has 3 amide bonds. The van der Waals surface area contributed by atoms with Gasteiger partial charge in [-0.3, -0.25) is 14.4 Å². The van der Waals surface area contributed by atoms with Crippen molar-refractivity contribution < 1.29 is 28.6 Å². The second-order valence-electron chi connectivity index (χ2n) is 10.8. The maximum absolute atomic E-state index is 14.8. The molecular formula is C30H39FN4O5. The Morgan fingerprint density at radius 1 is 1.20 bits per heavy atom. The minimum Gasteiger partial charge on any atom is -0.491 e. The molecule has 40 heavy (non-hydrogen) atoms. The lowest BCUT2D eigenvalue weighted by molar-refractivity contribution is -0.132. The summed E-state index contributed by atoms with van der Waals surface area (Å²) < 4.78 is 20.3.